The third-order valence-corrected chi connectivity index (χ3v) is 5.49. The van der Waals surface area contributed by atoms with Gasteiger partial charge in [-0.1, -0.05) is 74.5 Å². The molecule has 3 aromatic rings. The van der Waals surface area contributed by atoms with Crippen LogP contribution in [0.5, 0.6) is 5.75 Å². The first-order valence-electron chi connectivity index (χ1n) is 10.7. The minimum atomic E-state index is -1.17. The summed E-state index contributed by atoms with van der Waals surface area (Å²) in [5, 5.41) is 12.0. The first-order valence-corrected chi connectivity index (χ1v) is 11.1. The van der Waals surface area contributed by atoms with Gasteiger partial charge in [-0.3, -0.25) is 0 Å². The second-order valence-electron chi connectivity index (χ2n) is 7.92. The lowest BCUT2D eigenvalue weighted by Gasteiger charge is -2.27. The number of aliphatic hydroxyl groups is 1. The van der Waals surface area contributed by atoms with Gasteiger partial charge in [0.2, 0.25) is 0 Å². The molecule has 1 atom stereocenters. The number of unbranched alkanes of at least 4 members (excludes halogenated alkanes) is 4. The third-order valence-electron chi connectivity index (χ3n) is 5.25. The van der Waals surface area contributed by atoms with Gasteiger partial charge in [-0.05, 0) is 31.5 Å². The van der Waals surface area contributed by atoms with Gasteiger partial charge >= 0.3 is 0 Å². The van der Waals surface area contributed by atoms with Gasteiger partial charge in [0, 0.05) is 28.5 Å². The quantitative estimate of drug-likeness (QED) is 0.358. The van der Waals surface area contributed by atoms with Crippen molar-refractivity contribution in [3.8, 4) is 17.1 Å². The predicted octanol–water partition coefficient (Wildman–Crippen LogP) is 6.46. The van der Waals surface area contributed by atoms with E-state index < -0.39 is 5.60 Å². The monoisotopic (exact) mass is 426 g/mol. The van der Waals surface area contributed by atoms with Crippen molar-refractivity contribution in [2.24, 2.45) is 0 Å². The zero-order valence-electron chi connectivity index (χ0n) is 17.9. The maximum Gasteiger partial charge on any atom is 0.139 e. The number of aromatic nitrogens is 2. The van der Waals surface area contributed by atoms with Crippen LogP contribution >= 0.6 is 11.6 Å². The summed E-state index contributed by atoms with van der Waals surface area (Å²) >= 11 is 6.26. The fourth-order valence-electron chi connectivity index (χ4n) is 3.64. The van der Waals surface area contributed by atoms with Crippen LogP contribution in [0.25, 0.3) is 11.4 Å². The summed E-state index contributed by atoms with van der Waals surface area (Å²) in [5.41, 5.74) is 0.524. The molecule has 30 heavy (non-hydrogen) atoms. The van der Waals surface area contributed by atoms with Crippen molar-refractivity contribution in [3.63, 3.8) is 0 Å². The normalized spacial score (nSPS) is 13.2. The summed E-state index contributed by atoms with van der Waals surface area (Å²) in [4.78, 5) is 4.48. The summed E-state index contributed by atoms with van der Waals surface area (Å²) in [6, 6.07) is 15.4. The van der Waals surface area contributed by atoms with E-state index in [2.05, 4.69) is 11.9 Å². The van der Waals surface area contributed by atoms with Crippen molar-refractivity contribution in [2.75, 3.05) is 6.61 Å². The Hall–Kier alpha value is -2.30. The summed E-state index contributed by atoms with van der Waals surface area (Å²) < 4.78 is 8.01. The lowest BCUT2D eigenvalue weighted by atomic mass is 9.94. The van der Waals surface area contributed by atoms with Gasteiger partial charge in [0.1, 0.15) is 17.2 Å². The van der Waals surface area contributed by atoms with Crippen LogP contribution in [0.4, 0.5) is 0 Å². The summed E-state index contributed by atoms with van der Waals surface area (Å²) in [5.74, 6) is 1.50. The molecule has 3 rings (SSSR count). The van der Waals surface area contributed by atoms with Crippen LogP contribution in [-0.4, -0.2) is 21.3 Å². The molecular weight excluding hydrogens is 396 g/mol. The molecule has 0 saturated carbocycles. The molecule has 2 aromatic carbocycles. The largest absolute Gasteiger partial charge is 0.493 e. The van der Waals surface area contributed by atoms with Crippen molar-refractivity contribution in [3.05, 3.63) is 71.5 Å². The molecule has 1 unspecified atom stereocenters. The summed E-state index contributed by atoms with van der Waals surface area (Å²) in [6.45, 7) is 4.97. The zero-order chi connectivity index (χ0) is 21.4. The van der Waals surface area contributed by atoms with E-state index in [1.807, 2.05) is 47.2 Å². The number of hydrogen-bond donors (Lipinski definition) is 1. The Balaban J connectivity index is 1.76. The second kappa shape index (κ2) is 10.6. The van der Waals surface area contributed by atoms with E-state index in [1.54, 1.807) is 25.3 Å². The summed E-state index contributed by atoms with van der Waals surface area (Å²) in [7, 11) is 0. The molecule has 0 fully saturated rings. The lowest BCUT2D eigenvalue weighted by Crippen LogP contribution is -2.28. The molecule has 0 saturated heterocycles. The average molecular weight is 427 g/mol. The SMILES string of the molecule is CCCCCCCOc1ccc(Cl)cc1C(C)(O)Cn1ccnc1-c1ccccc1. The van der Waals surface area contributed by atoms with Crippen molar-refractivity contribution in [1.29, 1.82) is 0 Å². The molecule has 1 aromatic heterocycles. The first kappa shape index (κ1) is 22.4. The molecule has 1 heterocycles. The average Bonchev–Trinajstić information content (AvgIpc) is 3.19. The molecule has 0 spiro atoms. The number of rotatable bonds is 11. The molecule has 1 N–H and O–H groups in total. The van der Waals surface area contributed by atoms with E-state index in [-0.39, 0.29) is 0 Å². The second-order valence-corrected chi connectivity index (χ2v) is 8.36. The highest BCUT2D eigenvalue weighted by atomic mass is 35.5. The molecule has 160 valence electrons. The minimum Gasteiger partial charge on any atom is -0.493 e. The third kappa shape index (κ3) is 5.87. The highest BCUT2D eigenvalue weighted by molar-refractivity contribution is 6.30. The molecular formula is C25H31ClN2O2. The Labute approximate surface area is 184 Å². The van der Waals surface area contributed by atoms with Crippen LogP contribution in [0.1, 0.15) is 51.5 Å². The van der Waals surface area contributed by atoms with Crippen molar-refractivity contribution in [2.45, 2.75) is 58.1 Å². The molecule has 0 amide bonds. The number of ether oxygens (including phenoxy) is 1. The molecule has 0 aliphatic heterocycles. The van der Waals surface area contributed by atoms with Gasteiger partial charge in [-0.2, -0.15) is 0 Å². The van der Waals surface area contributed by atoms with Gasteiger partial charge in [-0.15, -0.1) is 0 Å². The fourth-order valence-corrected chi connectivity index (χ4v) is 3.81. The van der Waals surface area contributed by atoms with Gasteiger partial charge in [0.15, 0.2) is 0 Å². The van der Waals surface area contributed by atoms with Gasteiger partial charge in [-0.25, -0.2) is 4.98 Å². The highest BCUT2D eigenvalue weighted by Gasteiger charge is 2.29. The number of benzene rings is 2. The van der Waals surface area contributed by atoms with E-state index in [4.69, 9.17) is 16.3 Å². The van der Waals surface area contributed by atoms with Crippen LogP contribution in [0.2, 0.25) is 5.02 Å². The van der Waals surface area contributed by atoms with Crippen molar-refractivity contribution in [1.82, 2.24) is 9.55 Å². The van der Waals surface area contributed by atoms with E-state index in [9.17, 15) is 5.11 Å². The molecule has 5 heteroatoms. The van der Waals surface area contributed by atoms with Gasteiger partial charge < -0.3 is 14.4 Å². The first-order chi connectivity index (χ1) is 14.5. The van der Waals surface area contributed by atoms with Crippen molar-refractivity contribution >= 4 is 11.6 Å². The number of nitrogens with zero attached hydrogens (tertiary/aromatic N) is 2. The van der Waals surface area contributed by atoms with Gasteiger partial charge in [0.05, 0.1) is 13.2 Å². The summed E-state index contributed by atoms with van der Waals surface area (Å²) in [6.07, 6.45) is 9.51. The van der Waals surface area contributed by atoms with Crippen LogP contribution in [0, 0.1) is 0 Å². The molecule has 0 radical (unpaired) electrons. The number of halogens is 1. The molecule has 0 aliphatic rings. The van der Waals surface area contributed by atoms with Crippen molar-refractivity contribution < 1.29 is 9.84 Å². The Morgan fingerprint density at radius 1 is 1.07 bits per heavy atom. The fraction of sp³-hybridized carbons (Fsp3) is 0.400. The standard InChI is InChI=1S/C25H31ClN2O2/c1-3-4-5-6-10-17-30-23-14-13-21(26)18-22(23)25(2,29)19-28-16-15-27-24(28)20-11-8-7-9-12-20/h7-9,11-16,18,29H,3-6,10,17,19H2,1-2H3. The molecule has 0 aliphatic carbocycles. The molecule has 0 bridgehead atoms. The topological polar surface area (TPSA) is 47.3 Å². The predicted molar refractivity (Wildman–Crippen MR) is 123 cm³/mol. The Morgan fingerprint density at radius 2 is 1.83 bits per heavy atom. The zero-order valence-corrected chi connectivity index (χ0v) is 18.6. The van der Waals surface area contributed by atoms with E-state index in [0.717, 1.165) is 24.2 Å². The maximum absolute atomic E-state index is 11.4. The van der Waals surface area contributed by atoms with Crippen LogP contribution in [0.15, 0.2) is 60.9 Å². The highest BCUT2D eigenvalue weighted by Crippen LogP contribution is 2.35. The lowest BCUT2D eigenvalue weighted by molar-refractivity contribution is 0.0356. The van der Waals surface area contributed by atoms with E-state index in [1.165, 1.54) is 19.3 Å². The Morgan fingerprint density at radius 3 is 2.60 bits per heavy atom. The minimum absolute atomic E-state index is 0.338. The van der Waals surface area contributed by atoms with Gasteiger partial charge in [0.25, 0.3) is 0 Å². The van der Waals surface area contributed by atoms with Crippen LogP contribution < -0.4 is 4.74 Å². The van der Waals surface area contributed by atoms with Crippen LogP contribution in [0.3, 0.4) is 0 Å². The Kier molecular flexibility index (Phi) is 7.94. The van der Waals surface area contributed by atoms with Crippen LogP contribution in [-0.2, 0) is 12.1 Å². The smallest absolute Gasteiger partial charge is 0.139 e. The van der Waals surface area contributed by atoms with E-state index in [0.29, 0.717) is 29.5 Å². The maximum atomic E-state index is 11.4. The van der Waals surface area contributed by atoms with E-state index >= 15 is 0 Å². The number of imidazole rings is 1. The number of hydrogen-bond acceptors (Lipinski definition) is 3. The molecule has 4 nitrogen and oxygen atoms in total. The Bertz CT molecular complexity index is 922.